The van der Waals surface area contributed by atoms with Crippen LogP contribution in [-0.2, 0) is 4.74 Å². The molecule has 104 valence electrons. The predicted octanol–water partition coefficient (Wildman–Crippen LogP) is 2.50. The standard InChI is InChI=1S/C14H12O5S/c1-18-9-4-5-10(11(15)7-9)14(17)19-8-12(16)13-3-2-6-20-13/h2-7,15H,8H2,1H3. The second-order valence-electron chi connectivity index (χ2n) is 3.86. The molecule has 0 bridgehead atoms. The number of Topliss-reactive ketones (excluding diaryl/α,β-unsaturated/α-hetero) is 1. The molecule has 2 rings (SSSR count). The van der Waals surface area contributed by atoms with Gasteiger partial charge >= 0.3 is 5.97 Å². The van der Waals surface area contributed by atoms with Gasteiger partial charge in [-0.15, -0.1) is 11.3 Å². The maximum absolute atomic E-state index is 11.8. The molecule has 0 aliphatic heterocycles. The van der Waals surface area contributed by atoms with Crippen LogP contribution in [0.25, 0.3) is 0 Å². The molecule has 0 amide bonds. The van der Waals surface area contributed by atoms with Gasteiger partial charge in [0.05, 0.1) is 12.0 Å². The normalized spacial score (nSPS) is 10.1. The number of ketones is 1. The van der Waals surface area contributed by atoms with Crippen molar-refractivity contribution in [2.24, 2.45) is 0 Å². The highest BCUT2D eigenvalue weighted by atomic mass is 32.1. The molecule has 0 fully saturated rings. The number of methoxy groups -OCH3 is 1. The van der Waals surface area contributed by atoms with Crippen molar-refractivity contribution in [1.29, 1.82) is 0 Å². The number of carbonyl (C=O) groups is 2. The first-order chi connectivity index (χ1) is 9.61. The van der Waals surface area contributed by atoms with Crippen LogP contribution in [0, 0.1) is 0 Å². The van der Waals surface area contributed by atoms with Crippen molar-refractivity contribution in [2.75, 3.05) is 13.7 Å². The lowest BCUT2D eigenvalue weighted by molar-refractivity contribution is 0.0473. The maximum Gasteiger partial charge on any atom is 0.342 e. The van der Waals surface area contributed by atoms with Gasteiger partial charge in [-0.3, -0.25) is 4.79 Å². The van der Waals surface area contributed by atoms with Crippen molar-refractivity contribution in [1.82, 2.24) is 0 Å². The summed E-state index contributed by atoms with van der Waals surface area (Å²) < 4.78 is 9.80. The number of rotatable bonds is 5. The molecule has 2 aromatic rings. The Morgan fingerprint density at radius 3 is 2.70 bits per heavy atom. The van der Waals surface area contributed by atoms with E-state index in [-0.39, 0.29) is 23.7 Å². The smallest absolute Gasteiger partial charge is 0.342 e. The number of thiophene rings is 1. The van der Waals surface area contributed by atoms with E-state index in [0.717, 1.165) is 0 Å². The summed E-state index contributed by atoms with van der Waals surface area (Å²) in [5.41, 5.74) is -0.00946. The summed E-state index contributed by atoms with van der Waals surface area (Å²) in [6.45, 7) is -0.356. The molecule has 0 spiro atoms. The van der Waals surface area contributed by atoms with E-state index in [4.69, 9.17) is 9.47 Å². The van der Waals surface area contributed by atoms with Gasteiger partial charge in [0.25, 0.3) is 0 Å². The first-order valence-corrected chi connectivity index (χ1v) is 6.60. The molecular formula is C14H12O5S. The van der Waals surface area contributed by atoms with Gasteiger partial charge in [0.2, 0.25) is 5.78 Å². The van der Waals surface area contributed by atoms with Crippen LogP contribution in [-0.4, -0.2) is 30.6 Å². The molecule has 1 aromatic heterocycles. The average molecular weight is 292 g/mol. The Morgan fingerprint density at radius 2 is 2.10 bits per heavy atom. The first-order valence-electron chi connectivity index (χ1n) is 5.72. The van der Waals surface area contributed by atoms with Crippen molar-refractivity contribution in [3.05, 3.63) is 46.2 Å². The molecule has 20 heavy (non-hydrogen) atoms. The van der Waals surface area contributed by atoms with Crippen molar-refractivity contribution in [2.45, 2.75) is 0 Å². The Kier molecular flexibility index (Phi) is 4.37. The number of ether oxygens (including phenoxy) is 2. The number of hydrogen-bond acceptors (Lipinski definition) is 6. The summed E-state index contributed by atoms with van der Waals surface area (Å²) in [7, 11) is 1.45. The molecule has 0 saturated heterocycles. The van der Waals surface area contributed by atoms with Gasteiger partial charge in [-0.1, -0.05) is 6.07 Å². The molecule has 1 aromatic carbocycles. The summed E-state index contributed by atoms with van der Waals surface area (Å²) in [5.74, 6) is -0.858. The minimum atomic E-state index is -0.755. The van der Waals surface area contributed by atoms with E-state index in [1.54, 1.807) is 17.5 Å². The summed E-state index contributed by atoms with van der Waals surface area (Å²) in [6.07, 6.45) is 0. The highest BCUT2D eigenvalue weighted by molar-refractivity contribution is 7.12. The van der Waals surface area contributed by atoms with Gasteiger partial charge in [-0.05, 0) is 23.6 Å². The molecule has 6 heteroatoms. The minimum Gasteiger partial charge on any atom is -0.507 e. The number of phenolic OH excluding ortho intramolecular Hbond substituents is 1. The van der Waals surface area contributed by atoms with Gasteiger partial charge in [-0.25, -0.2) is 4.79 Å². The fourth-order valence-electron chi connectivity index (χ4n) is 1.53. The second-order valence-corrected chi connectivity index (χ2v) is 4.81. The van der Waals surface area contributed by atoms with Crippen molar-refractivity contribution in [3.8, 4) is 11.5 Å². The van der Waals surface area contributed by atoms with Crippen LogP contribution in [0.1, 0.15) is 20.0 Å². The molecule has 0 atom stereocenters. The minimum absolute atomic E-state index is 0.00946. The van der Waals surface area contributed by atoms with Crippen LogP contribution in [0.15, 0.2) is 35.7 Å². The van der Waals surface area contributed by atoms with Crippen molar-refractivity contribution >= 4 is 23.1 Å². The first kappa shape index (κ1) is 14.1. The fourth-order valence-corrected chi connectivity index (χ4v) is 2.18. The SMILES string of the molecule is COc1ccc(C(=O)OCC(=O)c2cccs2)c(O)c1. The summed E-state index contributed by atoms with van der Waals surface area (Å²) >= 11 is 1.28. The van der Waals surface area contributed by atoms with E-state index in [2.05, 4.69) is 0 Å². The van der Waals surface area contributed by atoms with E-state index in [0.29, 0.717) is 10.6 Å². The van der Waals surface area contributed by atoms with Gasteiger partial charge < -0.3 is 14.6 Å². The van der Waals surface area contributed by atoms with Crippen LogP contribution in [0.2, 0.25) is 0 Å². The summed E-state index contributed by atoms with van der Waals surface area (Å²) in [6, 6.07) is 7.61. The van der Waals surface area contributed by atoms with Crippen LogP contribution in [0.5, 0.6) is 11.5 Å². The zero-order valence-electron chi connectivity index (χ0n) is 10.7. The number of carbonyl (C=O) groups excluding carboxylic acids is 2. The van der Waals surface area contributed by atoms with Gasteiger partial charge in [-0.2, -0.15) is 0 Å². The predicted molar refractivity (Wildman–Crippen MR) is 73.6 cm³/mol. The maximum atomic E-state index is 11.8. The molecule has 1 heterocycles. The summed E-state index contributed by atoms with van der Waals surface area (Å²) in [5, 5.41) is 11.4. The average Bonchev–Trinajstić information content (AvgIpc) is 2.98. The van der Waals surface area contributed by atoms with Crippen LogP contribution in [0.3, 0.4) is 0 Å². The Labute approximate surface area is 119 Å². The quantitative estimate of drug-likeness (QED) is 0.677. The lowest BCUT2D eigenvalue weighted by Gasteiger charge is -2.06. The highest BCUT2D eigenvalue weighted by Crippen LogP contribution is 2.24. The molecule has 0 radical (unpaired) electrons. The van der Waals surface area contributed by atoms with E-state index in [1.165, 1.54) is 36.6 Å². The van der Waals surface area contributed by atoms with Crippen LogP contribution in [0.4, 0.5) is 0 Å². The van der Waals surface area contributed by atoms with Crippen molar-refractivity contribution < 1.29 is 24.2 Å². The molecule has 0 aliphatic rings. The van der Waals surface area contributed by atoms with Crippen LogP contribution < -0.4 is 4.74 Å². The molecule has 0 unspecified atom stereocenters. The van der Waals surface area contributed by atoms with Gasteiger partial charge in [0, 0.05) is 6.07 Å². The Balaban J connectivity index is 2.00. The highest BCUT2D eigenvalue weighted by Gasteiger charge is 2.16. The zero-order chi connectivity index (χ0) is 14.5. The molecule has 1 N–H and O–H groups in total. The zero-order valence-corrected chi connectivity index (χ0v) is 11.5. The van der Waals surface area contributed by atoms with Crippen LogP contribution >= 0.6 is 11.3 Å². The molecule has 0 saturated carbocycles. The summed E-state index contributed by atoms with van der Waals surface area (Å²) in [4.78, 5) is 24.0. The van der Waals surface area contributed by atoms with E-state index in [9.17, 15) is 14.7 Å². The van der Waals surface area contributed by atoms with E-state index in [1.807, 2.05) is 0 Å². The molecule has 5 nitrogen and oxygen atoms in total. The third kappa shape index (κ3) is 3.16. The topological polar surface area (TPSA) is 72.8 Å². The van der Waals surface area contributed by atoms with E-state index < -0.39 is 5.97 Å². The fraction of sp³-hybridized carbons (Fsp3) is 0.143. The molecule has 0 aliphatic carbocycles. The Morgan fingerprint density at radius 1 is 1.30 bits per heavy atom. The van der Waals surface area contributed by atoms with Gasteiger partial charge in [0.1, 0.15) is 17.1 Å². The van der Waals surface area contributed by atoms with E-state index >= 15 is 0 Å². The monoisotopic (exact) mass is 292 g/mol. The molecular weight excluding hydrogens is 280 g/mol. The lowest BCUT2D eigenvalue weighted by atomic mass is 10.2. The number of esters is 1. The Hall–Kier alpha value is -2.34. The van der Waals surface area contributed by atoms with Gasteiger partial charge in [0.15, 0.2) is 6.61 Å². The number of aromatic hydroxyl groups is 1. The number of hydrogen-bond donors (Lipinski definition) is 1. The third-order valence-electron chi connectivity index (χ3n) is 2.56. The second kappa shape index (κ2) is 6.21. The number of benzene rings is 1. The largest absolute Gasteiger partial charge is 0.507 e. The Bertz CT molecular complexity index is 618. The van der Waals surface area contributed by atoms with Crippen molar-refractivity contribution in [3.63, 3.8) is 0 Å². The third-order valence-corrected chi connectivity index (χ3v) is 3.47. The lowest BCUT2D eigenvalue weighted by Crippen LogP contribution is -2.13. The number of phenols is 1.